The zero-order valence-electron chi connectivity index (χ0n) is 12.1. The maximum absolute atomic E-state index is 11.8. The van der Waals surface area contributed by atoms with Crippen molar-refractivity contribution in [1.82, 2.24) is 4.90 Å². The van der Waals surface area contributed by atoms with Crippen molar-refractivity contribution < 1.29 is 28.6 Å². The van der Waals surface area contributed by atoms with Crippen LogP contribution in [-0.4, -0.2) is 34.5 Å². The molecule has 1 rings (SSSR count). The Morgan fingerprint density at radius 3 is 2.35 bits per heavy atom. The number of imide groups is 1. The van der Waals surface area contributed by atoms with Crippen LogP contribution in [0.2, 0.25) is 0 Å². The van der Waals surface area contributed by atoms with Crippen LogP contribution in [0.5, 0.6) is 0 Å². The fraction of sp³-hybridized carbons (Fsp3) is 0.615. The van der Waals surface area contributed by atoms with Gasteiger partial charge in [0.1, 0.15) is 11.6 Å². The molecule has 0 aromatic heterocycles. The second kappa shape index (κ2) is 7.62. The molecule has 0 N–H and O–H groups in total. The highest BCUT2D eigenvalue weighted by molar-refractivity contribution is 5.99. The van der Waals surface area contributed by atoms with Gasteiger partial charge in [0, 0.05) is 10.9 Å². The third-order valence-electron chi connectivity index (χ3n) is 2.15. The smallest absolute Gasteiger partial charge is 0.417 e. The van der Waals surface area contributed by atoms with E-state index < -0.39 is 29.6 Å². The Bertz CT molecular complexity index is 389. The van der Waals surface area contributed by atoms with Crippen LogP contribution in [0.4, 0.5) is 9.32 Å². The standard InChI is InChI=1S/C10H14FNO5.C3H6/c1-10(2,3)16-9(15)12-6(8(14)17-11)4-5-7(12)13;1-3-2/h6H,4-5H2,1-3H3;3H,1H2,2H3. The number of ether oxygens (including phenoxy) is 1. The molecular formula is C13H20FNO5. The molecule has 0 aliphatic carbocycles. The summed E-state index contributed by atoms with van der Waals surface area (Å²) in [5, 5.41) is 0. The van der Waals surface area contributed by atoms with Crippen molar-refractivity contribution >= 4 is 18.0 Å². The minimum absolute atomic E-state index is 0.0149. The Kier molecular flexibility index (Phi) is 6.89. The monoisotopic (exact) mass is 289 g/mol. The van der Waals surface area contributed by atoms with Crippen molar-refractivity contribution in [2.45, 2.75) is 52.2 Å². The van der Waals surface area contributed by atoms with Gasteiger partial charge in [0.2, 0.25) is 5.91 Å². The predicted octanol–water partition coefficient (Wildman–Crippen LogP) is 2.53. The molecule has 1 saturated heterocycles. The number of hydrogen-bond donors (Lipinski definition) is 0. The van der Waals surface area contributed by atoms with Crippen molar-refractivity contribution in [2.75, 3.05) is 0 Å². The van der Waals surface area contributed by atoms with Gasteiger partial charge >= 0.3 is 12.1 Å². The summed E-state index contributed by atoms with van der Waals surface area (Å²) in [6, 6.07) is -1.23. The van der Waals surface area contributed by atoms with E-state index in [2.05, 4.69) is 11.5 Å². The zero-order valence-corrected chi connectivity index (χ0v) is 12.1. The van der Waals surface area contributed by atoms with Gasteiger partial charge in [-0.3, -0.25) is 9.74 Å². The van der Waals surface area contributed by atoms with Crippen LogP contribution in [0.1, 0.15) is 40.5 Å². The number of rotatable bonds is 1. The van der Waals surface area contributed by atoms with Crippen LogP contribution in [0.3, 0.4) is 0 Å². The number of hydrogen-bond acceptors (Lipinski definition) is 5. The second-order valence-corrected chi connectivity index (χ2v) is 5.10. The Hall–Kier alpha value is -1.92. The predicted molar refractivity (Wildman–Crippen MR) is 69.2 cm³/mol. The molecule has 1 atom stereocenters. The van der Waals surface area contributed by atoms with Crippen LogP contribution < -0.4 is 0 Å². The number of allylic oxidation sites excluding steroid dienone is 1. The Morgan fingerprint density at radius 2 is 1.95 bits per heavy atom. The van der Waals surface area contributed by atoms with Gasteiger partial charge in [-0.05, 0) is 34.1 Å². The number of halogens is 1. The molecule has 0 radical (unpaired) electrons. The lowest BCUT2D eigenvalue weighted by molar-refractivity contribution is -0.189. The normalized spacial score (nSPS) is 17.9. The summed E-state index contributed by atoms with van der Waals surface area (Å²) >= 11 is 0. The molecule has 0 saturated carbocycles. The summed E-state index contributed by atoms with van der Waals surface area (Å²) in [5.74, 6) is -1.84. The first-order chi connectivity index (χ1) is 9.17. The molecule has 0 aromatic carbocycles. The Labute approximate surface area is 117 Å². The van der Waals surface area contributed by atoms with E-state index >= 15 is 0 Å². The lowest BCUT2D eigenvalue weighted by atomic mass is 10.2. The molecular weight excluding hydrogens is 269 g/mol. The summed E-state index contributed by atoms with van der Waals surface area (Å²) in [6.07, 6.45) is 0.815. The molecule has 1 heterocycles. The van der Waals surface area contributed by atoms with Crippen molar-refractivity contribution in [3.05, 3.63) is 12.7 Å². The highest BCUT2D eigenvalue weighted by atomic mass is 19.3. The number of carbonyl (C=O) groups excluding carboxylic acids is 3. The van der Waals surface area contributed by atoms with Crippen molar-refractivity contribution in [3.63, 3.8) is 0 Å². The zero-order chi connectivity index (χ0) is 15.9. The van der Waals surface area contributed by atoms with Crippen LogP contribution in [0.25, 0.3) is 0 Å². The number of likely N-dealkylation sites (tertiary alicyclic amines) is 1. The summed E-state index contributed by atoms with van der Waals surface area (Å²) in [7, 11) is 0. The lowest BCUT2D eigenvalue weighted by Crippen LogP contribution is -2.45. The van der Waals surface area contributed by atoms with Gasteiger partial charge in [-0.2, -0.15) is 0 Å². The highest BCUT2D eigenvalue weighted by Crippen LogP contribution is 2.23. The molecule has 0 bridgehead atoms. The summed E-state index contributed by atoms with van der Waals surface area (Å²) in [5.41, 5.74) is -0.801. The van der Waals surface area contributed by atoms with Gasteiger partial charge in [0.05, 0.1) is 0 Å². The summed E-state index contributed by atoms with van der Waals surface area (Å²) < 4.78 is 16.8. The number of nitrogens with zero attached hydrogens (tertiary/aromatic N) is 1. The SMILES string of the molecule is C=CC.CC(C)(C)OC(=O)N1C(=O)CCC1C(=O)OF. The molecule has 114 valence electrons. The molecule has 7 heteroatoms. The minimum atomic E-state index is -1.26. The second-order valence-electron chi connectivity index (χ2n) is 5.10. The lowest BCUT2D eigenvalue weighted by Gasteiger charge is -2.25. The molecule has 20 heavy (non-hydrogen) atoms. The van der Waals surface area contributed by atoms with Gasteiger partial charge in [0.25, 0.3) is 0 Å². The average Bonchev–Trinajstić information content (AvgIpc) is 2.69. The third kappa shape index (κ3) is 5.38. The number of carbonyl (C=O) groups is 3. The highest BCUT2D eigenvalue weighted by Gasteiger charge is 2.43. The summed E-state index contributed by atoms with van der Waals surface area (Å²) in [4.78, 5) is 37.8. The van der Waals surface area contributed by atoms with Crippen LogP contribution in [0.15, 0.2) is 12.7 Å². The first kappa shape index (κ1) is 18.1. The van der Waals surface area contributed by atoms with E-state index in [4.69, 9.17) is 4.74 Å². The molecule has 0 spiro atoms. The molecule has 1 aliphatic rings. The first-order valence-electron chi connectivity index (χ1n) is 6.12. The maximum atomic E-state index is 11.8. The first-order valence-corrected chi connectivity index (χ1v) is 6.12. The average molecular weight is 289 g/mol. The fourth-order valence-corrected chi connectivity index (χ4v) is 1.50. The quantitative estimate of drug-likeness (QED) is 0.693. The largest absolute Gasteiger partial charge is 0.443 e. The van der Waals surface area contributed by atoms with Gasteiger partial charge < -0.3 is 4.74 Å². The van der Waals surface area contributed by atoms with E-state index in [0.29, 0.717) is 4.90 Å². The fourth-order valence-electron chi connectivity index (χ4n) is 1.50. The van der Waals surface area contributed by atoms with Crippen molar-refractivity contribution in [1.29, 1.82) is 0 Å². The van der Waals surface area contributed by atoms with Crippen molar-refractivity contribution in [2.24, 2.45) is 0 Å². The van der Waals surface area contributed by atoms with Crippen LogP contribution in [0, 0.1) is 0 Å². The van der Waals surface area contributed by atoms with Gasteiger partial charge in [0.15, 0.2) is 0 Å². The van der Waals surface area contributed by atoms with E-state index in [1.807, 2.05) is 6.92 Å². The van der Waals surface area contributed by atoms with E-state index in [-0.39, 0.29) is 12.8 Å². The Morgan fingerprint density at radius 1 is 1.45 bits per heavy atom. The molecule has 6 nitrogen and oxygen atoms in total. The van der Waals surface area contributed by atoms with E-state index in [9.17, 15) is 18.9 Å². The minimum Gasteiger partial charge on any atom is -0.443 e. The molecule has 0 aromatic rings. The van der Waals surface area contributed by atoms with Gasteiger partial charge in [-0.1, -0.05) is 6.08 Å². The van der Waals surface area contributed by atoms with Crippen LogP contribution >= 0.6 is 0 Å². The molecule has 1 fully saturated rings. The number of amides is 2. The van der Waals surface area contributed by atoms with E-state index in [1.54, 1.807) is 26.8 Å². The third-order valence-corrected chi connectivity index (χ3v) is 2.15. The Balaban J connectivity index is 0.00000110. The van der Waals surface area contributed by atoms with E-state index in [1.165, 1.54) is 0 Å². The topological polar surface area (TPSA) is 72.9 Å². The van der Waals surface area contributed by atoms with Crippen LogP contribution in [-0.2, 0) is 19.3 Å². The molecule has 1 aliphatic heterocycles. The maximum Gasteiger partial charge on any atom is 0.417 e. The molecule has 1 unspecified atom stereocenters. The van der Waals surface area contributed by atoms with Crippen molar-refractivity contribution in [3.8, 4) is 0 Å². The van der Waals surface area contributed by atoms with Gasteiger partial charge in [-0.25, -0.2) is 14.5 Å². The summed E-state index contributed by atoms with van der Waals surface area (Å²) in [6.45, 7) is 10.1. The van der Waals surface area contributed by atoms with E-state index in [0.717, 1.165) is 0 Å². The van der Waals surface area contributed by atoms with Gasteiger partial charge in [-0.15, -0.1) is 6.58 Å². The molecule has 2 amide bonds.